The van der Waals surface area contributed by atoms with Crippen molar-refractivity contribution < 1.29 is 22.3 Å². The number of carbonyl (C=O) groups excluding carboxylic acids is 1. The number of amides is 1. The van der Waals surface area contributed by atoms with E-state index in [1.165, 1.54) is 0 Å². The highest BCUT2D eigenvalue weighted by molar-refractivity contribution is 8.13. The molecular weight excluding hydrogens is 321 g/mol. The standard InChI is InChI=1S/C13H17ClFNO4S/c1-8(2)9(3)16-13(17)7-20-12-5-4-10(6-11(12)15)21(14,18)19/h4-6,8-9H,7H2,1-3H3,(H,16,17). The summed E-state index contributed by atoms with van der Waals surface area (Å²) in [5.41, 5.74) is 0. The first-order valence-electron chi connectivity index (χ1n) is 6.27. The van der Waals surface area contributed by atoms with Crippen LogP contribution in [0.1, 0.15) is 20.8 Å². The third-order valence-corrected chi connectivity index (χ3v) is 4.28. The van der Waals surface area contributed by atoms with Crippen molar-refractivity contribution in [3.63, 3.8) is 0 Å². The number of ether oxygens (including phenoxy) is 1. The number of nitrogens with one attached hydrogen (secondary N) is 1. The molecule has 1 aromatic carbocycles. The molecule has 1 atom stereocenters. The summed E-state index contributed by atoms with van der Waals surface area (Å²) in [4.78, 5) is 11.2. The van der Waals surface area contributed by atoms with Gasteiger partial charge in [-0.25, -0.2) is 12.8 Å². The maximum absolute atomic E-state index is 13.6. The van der Waals surface area contributed by atoms with Crippen LogP contribution in [-0.2, 0) is 13.8 Å². The van der Waals surface area contributed by atoms with E-state index in [2.05, 4.69) is 5.32 Å². The summed E-state index contributed by atoms with van der Waals surface area (Å²) in [6.07, 6.45) is 0. The quantitative estimate of drug-likeness (QED) is 0.808. The SMILES string of the molecule is CC(C)C(C)NC(=O)COc1ccc(S(=O)(=O)Cl)cc1F. The van der Waals surface area contributed by atoms with Gasteiger partial charge in [0.05, 0.1) is 4.90 Å². The van der Waals surface area contributed by atoms with E-state index >= 15 is 0 Å². The van der Waals surface area contributed by atoms with E-state index < -0.39 is 14.9 Å². The van der Waals surface area contributed by atoms with Crippen LogP contribution in [0.2, 0.25) is 0 Å². The summed E-state index contributed by atoms with van der Waals surface area (Å²) in [7, 11) is 1.10. The summed E-state index contributed by atoms with van der Waals surface area (Å²) >= 11 is 0. The fourth-order valence-electron chi connectivity index (χ4n) is 1.36. The molecule has 5 nitrogen and oxygen atoms in total. The normalized spacial score (nSPS) is 13.0. The van der Waals surface area contributed by atoms with Crippen molar-refractivity contribution in [3.05, 3.63) is 24.0 Å². The maximum atomic E-state index is 13.6. The van der Waals surface area contributed by atoms with Crippen molar-refractivity contribution in [2.24, 2.45) is 5.92 Å². The molecule has 1 N–H and O–H groups in total. The molecule has 118 valence electrons. The zero-order valence-corrected chi connectivity index (χ0v) is 13.5. The molecule has 1 unspecified atom stereocenters. The third-order valence-electron chi connectivity index (χ3n) is 2.93. The predicted molar refractivity (Wildman–Crippen MR) is 77.4 cm³/mol. The monoisotopic (exact) mass is 337 g/mol. The van der Waals surface area contributed by atoms with Gasteiger partial charge in [0.15, 0.2) is 18.2 Å². The number of hydrogen-bond acceptors (Lipinski definition) is 4. The molecule has 1 rings (SSSR count). The highest BCUT2D eigenvalue weighted by Gasteiger charge is 2.15. The van der Waals surface area contributed by atoms with Gasteiger partial charge in [-0.15, -0.1) is 0 Å². The summed E-state index contributed by atoms with van der Waals surface area (Å²) in [6, 6.07) is 2.93. The molecule has 0 bridgehead atoms. The highest BCUT2D eigenvalue weighted by Crippen LogP contribution is 2.23. The molecule has 1 aromatic rings. The van der Waals surface area contributed by atoms with Crippen LogP contribution < -0.4 is 10.1 Å². The minimum atomic E-state index is -4.00. The third kappa shape index (κ3) is 5.51. The van der Waals surface area contributed by atoms with Gasteiger partial charge in [0, 0.05) is 16.7 Å². The summed E-state index contributed by atoms with van der Waals surface area (Å²) < 4.78 is 40.7. The Morgan fingerprint density at radius 1 is 1.38 bits per heavy atom. The van der Waals surface area contributed by atoms with E-state index in [0.717, 1.165) is 18.2 Å². The van der Waals surface area contributed by atoms with Gasteiger partial charge in [-0.2, -0.15) is 0 Å². The summed E-state index contributed by atoms with van der Waals surface area (Å²) in [5.74, 6) is -1.24. The topological polar surface area (TPSA) is 72.5 Å². The number of carbonyl (C=O) groups is 1. The van der Waals surface area contributed by atoms with Crippen LogP contribution in [0, 0.1) is 11.7 Å². The zero-order chi connectivity index (χ0) is 16.2. The maximum Gasteiger partial charge on any atom is 0.261 e. The van der Waals surface area contributed by atoms with Crippen molar-refractivity contribution in [3.8, 4) is 5.75 Å². The lowest BCUT2D eigenvalue weighted by Crippen LogP contribution is -2.39. The van der Waals surface area contributed by atoms with Crippen LogP contribution in [0.3, 0.4) is 0 Å². The van der Waals surface area contributed by atoms with Gasteiger partial charge >= 0.3 is 0 Å². The molecular formula is C13H17ClFNO4S. The molecule has 8 heteroatoms. The van der Waals surface area contributed by atoms with Gasteiger partial charge in [-0.1, -0.05) is 13.8 Å². The van der Waals surface area contributed by atoms with Gasteiger partial charge in [-0.05, 0) is 31.0 Å². The Morgan fingerprint density at radius 2 is 2.00 bits per heavy atom. The Hall–Kier alpha value is -1.34. The van der Waals surface area contributed by atoms with Gasteiger partial charge in [0.1, 0.15) is 0 Å². The smallest absolute Gasteiger partial charge is 0.261 e. The fourth-order valence-corrected chi connectivity index (χ4v) is 2.12. The second-order valence-electron chi connectivity index (χ2n) is 4.92. The van der Waals surface area contributed by atoms with Gasteiger partial charge in [0.25, 0.3) is 15.0 Å². The van der Waals surface area contributed by atoms with Crippen molar-refractivity contribution in [1.29, 1.82) is 0 Å². The lowest BCUT2D eigenvalue weighted by atomic mass is 10.1. The number of benzene rings is 1. The first-order valence-corrected chi connectivity index (χ1v) is 8.58. The lowest BCUT2D eigenvalue weighted by molar-refractivity contribution is -0.124. The van der Waals surface area contributed by atoms with Gasteiger partial charge < -0.3 is 10.1 Å². The minimum absolute atomic E-state index is 0.0327. The van der Waals surface area contributed by atoms with E-state index in [1.54, 1.807) is 0 Å². The van der Waals surface area contributed by atoms with E-state index in [9.17, 15) is 17.6 Å². The average Bonchev–Trinajstić information content (AvgIpc) is 2.35. The van der Waals surface area contributed by atoms with Crippen LogP contribution in [-0.4, -0.2) is 27.0 Å². The Bertz CT molecular complexity index is 619. The Kier molecular flexibility index (Phi) is 5.98. The van der Waals surface area contributed by atoms with Crippen LogP contribution in [0.5, 0.6) is 5.75 Å². The van der Waals surface area contributed by atoms with E-state index in [0.29, 0.717) is 0 Å². The molecule has 1 amide bonds. The molecule has 0 saturated carbocycles. The first kappa shape index (κ1) is 17.7. The largest absolute Gasteiger partial charge is 0.481 e. The van der Waals surface area contributed by atoms with Crippen molar-refractivity contribution in [1.82, 2.24) is 5.32 Å². The van der Waals surface area contributed by atoms with E-state index in [4.69, 9.17) is 15.4 Å². The van der Waals surface area contributed by atoms with Crippen molar-refractivity contribution >= 4 is 25.6 Å². The Labute approximate surface area is 127 Å². The molecule has 0 aliphatic carbocycles. The van der Waals surface area contributed by atoms with Crippen molar-refractivity contribution in [2.75, 3.05) is 6.61 Å². The molecule has 0 radical (unpaired) electrons. The molecule has 0 heterocycles. The van der Waals surface area contributed by atoms with Crippen LogP contribution in [0.4, 0.5) is 4.39 Å². The van der Waals surface area contributed by atoms with Crippen LogP contribution in [0.25, 0.3) is 0 Å². The molecule has 0 saturated heterocycles. The number of halogens is 2. The molecule has 0 aromatic heterocycles. The number of rotatable bonds is 6. The van der Waals surface area contributed by atoms with Crippen LogP contribution in [0.15, 0.2) is 23.1 Å². The summed E-state index contributed by atoms with van der Waals surface area (Å²) in [5, 5.41) is 2.70. The zero-order valence-electron chi connectivity index (χ0n) is 11.9. The fraction of sp³-hybridized carbons (Fsp3) is 0.462. The lowest BCUT2D eigenvalue weighted by Gasteiger charge is -2.17. The minimum Gasteiger partial charge on any atom is -0.481 e. The Morgan fingerprint density at radius 3 is 2.48 bits per heavy atom. The molecule has 0 aliphatic heterocycles. The first-order chi connectivity index (χ1) is 9.61. The van der Waals surface area contributed by atoms with Gasteiger partial charge in [-0.3, -0.25) is 4.79 Å². The molecule has 0 spiro atoms. The summed E-state index contributed by atoms with van der Waals surface area (Å²) in [6.45, 7) is 5.40. The molecule has 21 heavy (non-hydrogen) atoms. The molecule has 0 fully saturated rings. The number of hydrogen-bond donors (Lipinski definition) is 1. The average molecular weight is 338 g/mol. The Balaban J connectivity index is 2.67. The second-order valence-corrected chi connectivity index (χ2v) is 7.48. The van der Waals surface area contributed by atoms with Gasteiger partial charge in [0.2, 0.25) is 0 Å². The van der Waals surface area contributed by atoms with E-state index in [1.807, 2.05) is 20.8 Å². The second kappa shape index (κ2) is 7.09. The molecule has 0 aliphatic rings. The van der Waals surface area contributed by atoms with E-state index in [-0.39, 0.29) is 35.1 Å². The predicted octanol–water partition coefficient (Wildman–Crippen LogP) is 2.29. The highest BCUT2D eigenvalue weighted by atomic mass is 35.7. The van der Waals surface area contributed by atoms with Crippen molar-refractivity contribution in [2.45, 2.75) is 31.7 Å². The van der Waals surface area contributed by atoms with Crippen LogP contribution >= 0.6 is 10.7 Å².